The maximum Gasteiger partial charge on any atom is 0.215 e. The zero-order valence-electron chi connectivity index (χ0n) is 10.5. The van der Waals surface area contributed by atoms with Crippen LogP contribution in [0, 0.1) is 3.57 Å². The molecule has 0 aliphatic carbocycles. The van der Waals surface area contributed by atoms with Gasteiger partial charge in [-0.25, -0.2) is 0 Å². The lowest BCUT2D eigenvalue weighted by molar-refractivity contribution is 0.102. The Bertz CT molecular complexity index is 604. The Labute approximate surface area is 133 Å². The van der Waals surface area contributed by atoms with Crippen LogP contribution in [0.15, 0.2) is 28.9 Å². The van der Waals surface area contributed by atoms with Gasteiger partial charge < -0.3 is 4.74 Å². The molecule has 0 N–H and O–H groups in total. The largest absolute Gasteiger partial charge is 0.493 e. The van der Waals surface area contributed by atoms with Crippen molar-refractivity contribution in [2.45, 2.75) is 13.5 Å². The number of aromatic nitrogens is 2. The van der Waals surface area contributed by atoms with E-state index in [0.717, 1.165) is 8.04 Å². The number of carbonyl (C=O) groups excluding carboxylic acids is 1. The minimum absolute atomic E-state index is 0.0816. The van der Waals surface area contributed by atoms with Gasteiger partial charge in [0.15, 0.2) is 11.4 Å². The Morgan fingerprint density at radius 2 is 2.26 bits per heavy atom. The molecule has 0 fully saturated rings. The van der Waals surface area contributed by atoms with Gasteiger partial charge in [0.25, 0.3) is 0 Å². The average molecular weight is 435 g/mol. The molecule has 0 radical (unpaired) electrons. The summed E-state index contributed by atoms with van der Waals surface area (Å²) in [5.74, 6) is 0.421. The second-order valence-electron chi connectivity index (χ2n) is 3.83. The Hall–Kier alpha value is -0.890. The van der Waals surface area contributed by atoms with E-state index in [4.69, 9.17) is 4.74 Å². The van der Waals surface area contributed by atoms with Crippen molar-refractivity contribution in [1.82, 2.24) is 9.78 Å². The normalized spacial score (nSPS) is 10.5. The third-order valence-corrected chi connectivity index (χ3v) is 4.15. The molecule has 100 valence electrons. The van der Waals surface area contributed by atoms with E-state index < -0.39 is 0 Å². The third kappa shape index (κ3) is 2.84. The molecule has 0 unspecified atom stereocenters. The molecule has 1 aromatic carbocycles. The molecule has 0 atom stereocenters. The van der Waals surface area contributed by atoms with E-state index in [1.807, 2.05) is 25.1 Å². The Morgan fingerprint density at radius 1 is 1.53 bits per heavy atom. The van der Waals surface area contributed by atoms with Crippen molar-refractivity contribution in [1.29, 1.82) is 0 Å². The number of ketones is 1. The van der Waals surface area contributed by atoms with Crippen LogP contribution in [0.1, 0.15) is 23.0 Å². The van der Waals surface area contributed by atoms with Crippen LogP contribution in [-0.2, 0) is 6.54 Å². The highest BCUT2D eigenvalue weighted by Gasteiger charge is 2.22. The van der Waals surface area contributed by atoms with E-state index in [1.54, 1.807) is 18.0 Å². The lowest BCUT2D eigenvalue weighted by atomic mass is 10.1. The maximum absolute atomic E-state index is 12.7. The molecule has 0 amide bonds. The number of nitrogens with zero attached hydrogens (tertiary/aromatic N) is 2. The van der Waals surface area contributed by atoms with Crippen LogP contribution in [0.4, 0.5) is 0 Å². The summed E-state index contributed by atoms with van der Waals surface area (Å²) >= 11 is 5.54. The van der Waals surface area contributed by atoms with Gasteiger partial charge in [0.2, 0.25) is 5.78 Å². The summed E-state index contributed by atoms with van der Waals surface area (Å²) in [6.45, 7) is 2.56. The van der Waals surface area contributed by atoms with Gasteiger partial charge in [-0.2, -0.15) is 5.10 Å². The van der Waals surface area contributed by atoms with E-state index >= 15 is 0 Å². The number of rotatable bonds is 4. The maximum atomic E-state index is 12.7. The molecule has 0 saturated heterocycles. The summed E-state index contributed by atoms with van der Waals surface area (Å²) in [5.41, 5.74) is 1.13. The standard InChI is InChI=1S/C13H12BrIN2O2/c1-3-17-12(11(19-2)7-16-17)13(18)9-6-8(14)4-5-10(9)15/h4-7H,3H2,1-2H3. The predicted molar refractivity (Wildman–Crippen MR) is 84.7 cm³/mol. The molecular weight excluding hydrogens is 423 g/mol. The zero-order chi connectivity index (χ0) is 14.0. The second-order valence-corrected chi connectivity index (χ2v) is 5.91. The van der Waals surface area contributed by atoms with Gasteiger partial charge in [-0.15, -0.1) is 0 Å². The van der Waals surface area contributed by atoms with Crippen molar-refractivity contribution in [2.24, 2.45) is 0 Å². The first-order valence-electron chi connectivity index (χ1n) is 5.68. The molecule has 0 spiro atoms. The number of methoxy groups -OCH3 is 1. The molecule has 0 bridgehead atoms. The molecule has 4 nitrogen and oxygen atoms in total. The topological polar surface area (TPSA) is 44.1 Å². The molecule has 2 rings (SSSR count). The number of carbonyl (C=O) groups is 1. The first kappa shape index (κ1) is 14.5. The number of ether oxygens (including phenoxy) is 1. The van der Waals surface area contributed by atoms with Crippen molar-refractivity contribution >= 4 is 44.3 Å². The Kier molecular flexibility index (Phi) is 4.62. The molecule has 1 heterocycles. The summed E-state index contributed by atoms with van der Waals surface area (Å²) in [6.07, 6.45) is 1.57. The quantitative estimate of drug-likeness (QED) is 0.546. The van der Waals surface area contributed by atoms with Crippen molar-refractivity contribution < 1.29 is 9.53 Å². The van der Waals surface area contributed by atoms with E-state index in [2.05, 4.69) is 43.6 Å². The summed E-state index contributed by atoms with van der Waals surface area (Å²) in [6, 6.07) is 5.63. The van der Waals surface area contributed by atoms with Crippen LogP contribution in [0.2, 0.25) is 0 Å². The van der Waals surface area contributed by atoms with Gasteiger partial charge in [0.05, 0.1) is 13.3 Å². The number of hydrogen-bond acceptors (Lipinski definition) is 3. The van der Waals surface area contributed by atoms with Crippen molar-refractivity contribution in [3.05, 3.63) is 43.7 Å². The first-order chi connectivity index (χ1) is 9.08. The van der Waals surface area contributed by atoms with E-state index in [0.29, 0.717) is 23.6 Å². The van der Waals surface area contributed by atoms with Crippen LogP contribution in [-0.4, -0.2) is 22.7 Å². The van der Waals surface area contributed by atoms with Gasteiger partial charge in [-0.3, -0.25) is 9.48 Å². The van der Waals surface area contributed by atoms with Crippen molar-refractivity contribution in [2.75, 3.05) is 7.11 Å². The molecule has 0 aliphatic heterocycles. The van der Waals surface area contributed by atoms with Crippen molar-refractivity contribution in [3.63, 3.8) is 0 Å². The Balaban J connectivity index is 2.55. The molecule has 1 aromatic heterocycles. The monoisotopic (exact) mass is 434 g/mol. The second kappa shape index (κ2) is 6.04. The fourth-order valence-electron chi connectivity index (χ4n) is 1.79. The summed E-state index contributed by atoms with van der Waals surface area (Å²) < 4.78 is 8.65. The van der Waals surface area contributed by atoms with Crippen LogP contribution in [0.5, 0.6) is 5.75 Å². The number of benzene rings is 1. The summed E-state index contributed by atoms with van der Waals surface area (Å²) in [5, 5.41) is 4.16. The fourth-order valence-corrected chi connectivity index (χ4v) is 2.73. The number of halogens is 2. The SMILES string of the molecule is CCn1ncc(OC)c1C(=O)c1cc(Br)ccc1I. The summed E-state index contributed by atoms with van der Waals surface area (Å²) in [4.78, 5) is 12.7. The van der Waals surface area contributed by atoms with Gasteiger partial charge in [-0.1, -0.05) is 15.9 Å². The average Bonchev–Trinajstić information content (AvgIpc) is 2.83. The van der Waals surface area contributed by atoms with Gasteiger partial charge in [-0.05, 0) is 47.7 Å². The van der Waals surface area contributed by atoms with E-state index in [-0.39, 0.29) is 5.78 Å². The fraction of sp³-hybridized carbons (Fsp3) is 0.231. The molecular formula is C13H12BrIN2O2. The lowest BCUT2D eigenvalue weighted by Crippen LogP contribution is -2.13. The van der Waals surface area contributed by atoms with Gasteiger partial charge >= 0.3 is 0 Å². The highest BCUT2D eigenvalue weighted by molar-refractivity contribution is 14.1. The molecule has 6 heteroatoms. The first-order valence-corrected chi connectivity index (χ1v) is 7.55. The smallest absolute Gasteiger partial charge is 0.215 e. The minimum atomic E-state index is -0.0816. The lowest BCUT2D eigenvalue weighted by Gasteiger charge is -2.08. The van der Waals surface area contributed by atoms with Crippen LogP contribution >= 0.6 is 38.5 Å². The van der Waals surface area contributed by atoms with Crippen LogP contribution in [0.3, 0.4) is 0 Å². The molecule has 0 saturated carbocycles. The number of aryl methyl sites for hydroxylation is 1. The number of hydrogen-bond donors (Lipinski definition) is 0. The van der Waals surface area contributed by atoms with Crippen LogP contribution < -0.4 is 4.74 Å². The van der Waals surface area contributed by atoms with Gasteiger partial charge in [0.1, 0.15) is 0 Å². The third-order valence-electron chi connectivity index (χ3n) is 2.71. The highest BCUT2D eigenvalue weighted by atomic mass is 127. The minimum Gasteiger partial charge on any atom is -0.493 e. The van der Waals surface area contributed by atoms with Crippen LogP contribution in [0.25, 0.3) is 0 Å². The predicted octanol–water partition coefficient (Wildman–Crippen LogP) is 3.51. The highest BCUT2D eigenvalue weighted by Crippen LogP contribution is 2.25. The molecule has 19 heavy (non-hydrogen) atoms. The van der Waals surface area contributed by atoms with Gasteiger partial charge in [0, 0.05) is 20.2 Å². The summed E-state index contributed by atoms with van der Waals surface area (Å²) in [7, 11) is 1.54. The zero-order valence-corrected chi connectivity index (χ0v) is 14.2. The molecule has 0 aliphatic rings. The van der Waals surface area contributed by atoms with E-state index in [1.165, 1.54) is 0 Å². The molecule has 2 aromatic rings. The van der Waals surface area contributed by atoms with Crippen molar-refractivity contribution in [3.8, 4) is 5.75 Å². The van der Waals surface area contributed by atoms with E-state index in [9.17, 15) is 4.79 Å². The Morgan fingerprint density at radius 3 is 2.89 bits per heavy atom.